The molecule has 2 atom stereocenters. The molecule has 0 aliphatic carbocycles. The SMILES string of the molecule is CC(=O)O/N=C(\C(=O)N[C@@H]1C(=O)N2C(C(=O)O)=C(/C=C3\CCN(C4CCN(Cc5ccccc5)CC4)C3=O)CC[C@H]12)c1csc(N)n1. The van der Waals surface area contributed by atoms with Crippen LogP contribution >= 0.6 is 11.3 Å². The van der Waals surface area contributed by atoms with Crippen LogP contribution in [0.2, 0.25) is 0 Å². The van der Waals surface area contributed by atoms with Crippen LogP contribution in [-0.4, -0.2) is 97.9 Å². The molecule has 246 valence electrons. The molecule has 4 aliphatic rings. The standard InChI is InChI=1S/C32H35N7O7S/c1-18(40)46-36-25(23-17-47-32(33)34-23)28(41)35-26-24-8-7-20(27(31(44)45)39(24)30(26)43)15-21-9-14-38(29(21)42)22-10-12-37(13-11-22)16-19-5-3-2-4-6-19/h2-6,15,17,22,24,26H,7-14,16H2,1H3,(H2,33,34)(H,35,41)(H,44,45)/b21-15+,36-25-/t24-,26+/m1/s1. The maximum absolute atomic E-state index is 13.5. The number of hydrogen-bond acceptors (Lipinski definition) is 11. The number of nitrogens with zero attached hydrogens (tertiary/aromatic N) is 5. The van der Waals surface area contributed by atoms with Gasteiger partial charge in [-0.05, 0) is 49.3 Å². The zero-order chi connectivity index (χ0) is 33.2. The lowest BCUT2D eigenvalue weighted by atomic mass is 9.82. The molecule has 0 unspecified atom stereocenters. The highest BCUT2D eigenvalue weighted by atomic mass is 32.1. The lowest BCUT2D eigenvalue weighted by molar-refractivity contribution is -0.155. The van der Waals surface area contributed by atoms with Gasteiger partial charge in [-0.2, -0.15) is 0 Å². The van der Waals surface area contributed by atoms with Crippen LogP contribution in [0, 0.1) is 0 Å². The maximum atomic E-state index is 13.5. The van der Waals surface area contributed by atoms with Crippen LogP contribution in [-0.2, 0) is 35.4 Å². The van der Waals surface area contributed by atoms with Crippen molar-refractivity contribution in [1.82, 2.24) is 25.0 Å². The van der Waals surface area contributed by atoms with Gasteiger partial charge in [-0.3, -0.25) is 24.2 Å². The minimum absolute atomic E-state index is 0.0616. The van der Waals surface area contributed by atoms with Crippen LogP contribution in [0.5, 0.6) is 0 Å². The first-order chi connectivity index (χ1) is 22.6. The van der Waals surface area contributed by atoms with Crippen LogP contribution in [0.15, 0.2) is 63.8 Å². The Labute approximate surface area is 274 Å². The van der Waals surface area contributed by atoms with Gasteiger partial charge in [-0.15, -0.1) is 11.3 Å². The molecule has 6 rings (SSSR count). The van der Waals surface area contributed by atoms with E-state index in [1.807, 2.05) is 23.1 Å². The number of nitrogen functional groups attached to an aromatic ring is 1. The fourth-order valence-electron chi connectivity index (χ4n) is 6.71. The molecule has 4 N–H and O–H groups in total. The molecule has 5 heterocycles. The maximum Gasteiger partial charge on any atom is 0.352 e. The molecule has 0 bridgehead atoms. The number of piperidine rings is 1. The molecule has 2 aromatic rings. The topological polar surface area (TPSA) is 188 Å². The summed E-state index contributed by atoms with van der Waals surface area (Å²) in [6.07, 6.45) is 4.55. The monoisotopic (exact) mass is 661 g/mol. The van der Waals surface area contributed by atoms with E-state index in [1.165, 1.54) is 15.8 Å². The summed E-state index contributed by atoms with van der Waals surface area (Å²) < 4.78 is 0. The number of allylic oxidation sites excluding steroid dienone is 2. The Balaban J connectivity index is 1.12. The number of amides is 3. The number of rotatable bonds is 9. The third-order valence-electron chi connectivity index (χ3n) is 8.96. The predicted molar refractivity (Wildman–Crippen MR) is 170 cm³/mol. The second-order valence-corrected chi connectivity index (χ2v) is 12.8. The number of carbonyl (C=O) groups is 5. The molecular formula is C32H35N7O7S. The van der Waals surface area contributed by atoms with Crippen molar-refractivity contribution in [2.24, 2.45) is 5.16 Å². The van der Waals surface area contributed by atoms with Gasteiger partial charge in [0.15, 0.2) is 10.8 Å². The van der Waals surface area contributed by atoms with Crippen molar-refractivity contribution in [2.75, 3.05) is 25.4 Å². The predicted octanol–water partition coefficient (Wildman–Crippen LogP) is 1.64. The summed E-state index contributed by atoms with van der Waals surface area (Å²) in [6, 6.07) is 8.78. The number of carbonyl (C=O) groups excluding carboxylic acids is 4. The van der Waals surface area contributed by atoms with Crippen LogP contribution < -0.4 is 11.1 Å². The van der Waals surface area contributed by atoms with Crippen molar-refractivity contribution in [3.05, 3.63) is 69.9 Å². The van der Waals surface area contributed by atoms with Crippen molar-refractivity contribution in [2.45, 2.75) is 63.7 Å². The second kappa shape index (κ2) is 13.5. The second-order valence-electron chi connectivity index (χ2n) is 11.9. The molecule has 3 amide bonds. The van der Waals surface area contributed by atoms with Gasteiger partial charge in [0.25, 0.3) is 11.8 Å². The van der Waals surface area contributed by atoms with Gasteiger partial charge in [0, 0.05) is 50.1 Å². The smallest absolute Gasteiger partial charge is 0.352 e. The first kappa shape index (κ1) is 32.1. The molecule has 3 fully saturated rings. The first-order valence-electron chi connectivity index (χ1n) is 15.5. The molecule has 0 saturated carbocycles. The number of benzene rings is 1. The number of likely N-dealkylation sites (tertiary alicyclic amines) is 2. The van der Waals surface area contributed by atoms with Crippen LogP contribution in [0.3, 0.4) is 0 Å². The Kier molecular flexibility index (Phi) is 9.18. The fraction of sp³-hybridized carbons (Fsp3) is 0.406. The Morgan fingerprint density at radius 1 is 1.13 bits per heavy atom. The Bertz CT molecular complexity index is 1690. The van der Waals surface area contributed by atoms with Crippen LogP contribution in [0.1, 0.15) is 50.3 Å². The summed E-state index contributed by atoms with van der Waals surface area (Å²) in [5.41, 5.74) is 7.41. The summed E-state index contributed by atoms with van der Waals surface area (Å²) in [4.78, 5) is 77.8. The van der Waals surface area contributed by atoms with Gasteiger partial charge in [0.1, 0.15) is 17.4 Å². The molecule has 15 heteroatoms. The quantitative estimate of drug-likeness (QED) is 0.117. The number of carboxylic acid groups (broad SMARTS) is 1. The lowest BCUT2D eigenvalue weighted by Crippen LogP contribution is -2.72. The Hall–Kier alpha value is -4.89. The Morgan fingerprint density at radius 2 is 1.87 bits per heavy atom. The minimum Gasteiger partial charge on any atom is -0.477 e. The van der Waals surface area contributed by atoms with E-state index in [0.29, 0.717) is 37.0 Å². The van der Waals surface area contributed by atoms with E-state index < -0.39 is 35.8 Å². The number of thiazole rings is 1. The van der Waals surface area contributed by atoms with Crippen molar-refractivity contribution in [3.63, 3.8) is 0 Å². The molecule has 3 saturated heterocycles. The normalized spacial score (nSPS) is 23.2. The molecule has 4 aliphatic heterocycles. The number of aromatic nitrogens is 1. The average molecular weight is 662 g/mol. The minimum atomic E-state index is -1.29. The van der Waals surface area contributed by atoms with Gasteiger partial charge in [0.2, 0.25) is 5.91 Å². The average Bonchev–Trinajstić information content (AvgIpc) is 3.65. The van der Waals surface area contributed by atoms with Crippen molar-refractivity contribution >= 4 is 51.8 Å². The summed E-state index contributed by atoms with van der Waals surface area (Å²) in [5.74, 6) is -3.58. The van der Waals surface area contributed by atoms with Gasteiger partial charge in [-0.1, -0.05) is 35.5 Å². The number of oxime groups is 1. The van der Waals surface area contributed by atoms with Gasteiger partial charge in [0.05, 0.1) is 6.04 Å². The molecule has 0 radical (unpaired) electrons. The van der Waals surface area contributed by atoms with Crippen molar-refractivity contribution in [3.8, 4) is 0 Å². The highest BCUT2D eigenvalue weighted by molar-refractivity contribution is 7.13. The molecule has 47 heavy (non-hydrogen) atoms. The zero-order valence-corrected chi connectivity index (χ0v) is 26.6. The molecule has 14 nitrogen and oxygen atoms in total. The number of anilines is 1. The lowest BCUT2D eigenvalue weighted by Gasteiger charge is -2.50. The fourth-order valence-corrected chi connectivity index (χ4v) is 7.26. The molecule has 0 spiro atoms. The summed E-state index contributed by atoms with van der Waals surface area (Å²) in [7, 11) is 0. The van der Waals surface area contributed by atoms with E-state index >= 15 is 0 Å². The number of carboxylic acids is 1. The largest absolute Gasteiger partial charge is 0.477 e. The zero-order valence-electron chi connectivity index (χ0n) is 25.8. The number of fused-ring (bicyclic) bond motifs is 1. The van der Waals surface area contributed by atoms with Gasteiger partial charge >= 0.3 is 11.9 Å². The number of nitrogens with two attached hydrogens (primary N) is 1. The number of nitrogens with one attached hydrogen (secondary N) is 1. The third-order valence-corrected chi connectivity index (χ3v) is 9.64. The first-order valence-corrected chi connectivity index (χ1v) is 16.3. The molecular weight excluding hydrogens is 626 g/mol. The van der Waals surface area contributed by atoms with Crippen LogP contribution in [0.25, 0.3) is 0 Å². The third kappa shape index (κ3) is 6.67. The molecule has 1 aromatic heterocycles. The highest BCUT2D eigenvalue weighted by Crippen LogP contribution is 2.38. The van der Waals surface area contributed by atoms with E-state index in [2.05, 4.69) is 37.3 Å². The number of aliphatic carboxylic acids is 1. The summed E-state index contributed by atoms with van der Waals surface area (Å²) >= 11 is 1.05. The highest BCUT2D eigenvalue weighted by Gasteiger charge is 2.53. The van der Waals surface area contributed by atoms with E-state index in [4.69, 9.17) is 5.73 Å². The van der Waals surface area contributed by atoms with Crippen molar-refractivity contribution in [1.29, 1.82) is 0 Å². The Morgan fingerprint density at radius 3 is 2.53 bits per heavy atom. The summed E-state index contributed by atoms with van der Waals surface area (Å²) in [6.45, 7) is 4.35. The van der Waals surface area contributed by atoms with Crippen molar-refractivity contribution < 1.29 is 33.9 Å². The van der Waals surface area contributed by atoms with E-state index in [0.717, 1.165) is 50.7 Å². The van der Waals surface area contributed by atoms with Crippen LogP contribution in [0.4, 0.5) is 5.13 Å². The summed E-state index contributed by atoms with van der Waals surface area (Å²) in [5, 5.41) is 17.9. The van der Waals surface area contributed by atoms with Gasteiger partial charge < -0.3 is 25.9 Å². The van der Waals surface area contributed by atoms with Gasteiger partial charge in [-0.25, -0.2) is 14.6 Å². The van der Waals surface area contributed by atoms with E-state index in [-0.39, 0.29) is 34.2 Å². The van der Waals surface area contributed by atoms with E-state index in [9.17, 15) is 29.1 Å². The van der Waals surface area contributed by atoms with E-state index in [1.54, 1.807) is 6.08 Å². The number of hydrogen-bond donors (Lipinski definition) is 3. The number of β-lactam (4-membered cyclic amide) rings is 1. The molecule has 1 aromatic carbocycles.